The molecule has 570 valence electrons. The third kappa shape index (κ3) is 70.5. The van der Waals surface area contributed by atoms with Crippen molar-refractivity contribution in [2.45, 2.75) is 425 Å². The van der Waals surface area contributed by atoms with Crippen molar-refractivity contribution in [3.8, 4) is 0 Å². The molecule has 0 aliphatic rings. The summed E-state index contributed by atoms with van der Waals surface area (Å²) in [5.74, 6) is -1.32. The Morgan fingerprint density at radius 2 is 0.479 bits per heavy atom. The number of carbonyl (C=O) groups is 4. The van der Waals surface area contributed by atoms with Gasteiger partial charge in [-0.3, -0.25) is 37.3 Å². The lowest BCUT2D eigenvalue weighted by Crippen LogP contribution is -2.30. The standard InChI is InChI=1S/C77H150O17P2/c1-6-9-12-15-18-21-22-23-24-25-26-27-28-29-30-31-36-39-43-48-53-58-63-77(82)94-73(67-88-75(80)61-56-51-46-42-38-35-33-32-34-37-41-44-49-54-59-70(4)5)69-92-96(85,86)90-65-71(78)64-89-95(83,84)91-68-72(66-87-74(79)60-55-50-45-20-17-14-11-8-3)93-76(81)62-57-52-47-40-19-16-13-10-7-2/h70-73,78H,6-69H2,1-5H3,(H,83,84)(H,85,86)/t71-,72+,73+/m0/s1. The van der Waals surface area contributed by atoms with Gasteiger partial charge in [-0.05, 0) is 31.6 Å². The Hall–Kier alpha value is -1.94. The fourth-order valence-corrected chi connectivity index (χ4v) is 13.5. The molecule has 0 aromatic rings. The van der Waals surface area contributed by atoms with Crippen LogP contribution in [-0.4, -0.2) is 96.7 Å². The SMILES string of the molecule is CCCCCCCCCCCCCCCCCCCCCCCCC(=O)O[C@H](COC(=O)CCCCCCCCCCCCCCCCC(C)C)COP(=O)(O)OC[C@@H](O)COP(=O)(O)OC[C@@H](COC(=O)CCCCCCCCCC)OC(=O)CCCCCCCCCCC. The fraction of sp³-hybridized carbons (Fsp3) is 0.948. The van der Waals surface area contributed by atoms with Gasteiger partial charge in [0.25, 0.3) is 0 Å². The summed E-state index contributed by atoms with van der Waals surface area (Å²) in [5, 5.41) is 10.6. The van der Waals surface area contributed by atoms with Gasteiger partial charge in [0.2, 0.25) is 0 Å². The molecule has 2 unspecified atom stereocenters. The van der Waals surface area contributed by atoms with Gasteiger partial charge < -0.3 is 33.8 Å². The highest BCUT2D eigenvalue weighted by Crippen LogP contribution is 2.45. The monoisotopic (exact) mass is 1410 g/mol. The summed E-state index contributed by atoms with van der Waals surface area (Å²) in [6, 6.07) is 0. The molecule has 0 amide bonds. The summed E-state index contributed by atoms with van der Waals surface area (Å²) in [4.78, 5) is 72.6. The molecule has 0 bridgehead atoms. The second kappa shape index (κ2) is 70.1. The Morgan fingerprint density at radius 1 is 0.281 bits per heavy atom. The molecule has 96 heavy (non-hydrogen) atoms. The summed E-state index contributed by atoms with van der Waals surface area (Å²) in [7, 11) is -9.90. The number of unbranched alkanes of at least 4 members (excludes halogenated alkanes) is 49. The Kier molecular flexibility index (Phi) is 68.7. The van der Waals surface area contributed by atoms with Crippen LogP contribution in [0.2, 0.25) is 0 Å². The number of aliphatic hydroxyl groups excluding tert-OH is 1. The van der Waals surface area contributed by atoms with Crippen molar-refractivity contribution in [3.05, 3.63) is 0 Å². The zero-order valence-corrected chi connectivity index (χ0v) is 64.3. The second-order valence-corrected chi connectivity index (χ2v) is 31.1. The second-order valence-electron chi connectivity index (χ2n) is 28.2. The Bertz CT molecular complexity index is 1840. The number of phosphoric acid groups is 2. The van der Waals surface area contributed by atoms with E-state index in [0.29, 0.717) is 25.7 Å². The highest BCUT2D eigenvalue weighted by Gasteiger charge is 2.30. The molecule has 0 aromatic heterocycles. The Labute approximate surface area is 588 Å². The van der Waals surface area contributed by atoms with Crippen LogP contribution in [0.25, 0.3) is 0 Å². The minimum Gasteiger partial charge on any atom is -0.462 e. The van der Waals surface area contributed by atoms with Gasteiger partial charge in [0.05, 0.1) is 26.4 Å². The first kappa shape index (κ1) is 94.1. The number of ether oxygens (including phenoxy) is 4. The maximum Gasteiger partial charge on any atom is 0.472 e. The van der Waals surface area contributed by atoms with E-state index in [4.69, 9.17) is 37.0 Å². The lowest BCUT2D eigenvalue weighted by molar-refractivity contribution is -0.161. The van der Waals surface area contributed by atoms with Crippen LogP contribution in [0.1, 0.15) is 407 Å². The van der Waals surface area contributed by atoms with Gasteiger partial charge in [-0.25, -0.2) is 9.13 Å². The van der Waals surface area contributed by atoms with Gasteiger partial charge in [0.15, 0.2) is 12.2 Å². The molecule has 0 heterocycles. The topological polar surface area (TPSA) is 237 Å². The number of hydrogen-bond acceptors (Lipinski definition) is 15. The first-order valence-electron chi connectivity index (χ1n) is 40.1. The van der Waals surface area contributed by atoms with Gasteiger partial charge in [-0.1, -0.05) is 356 Å². The van der Waals surface area contributed by atoms with E-state index < -0.39 is 97.5 Å². The number of phosphoric ester groups is 2. The summed E-state index contributed by atoms with van der Waals surface area (Å²) < 4.78 is 68.4. The van der Waals surface area contributed by atoms with Crippen LogP contribution >= 0.6 is 15.6 Å². The maximum absolute atomic E-state index is 13.1. The van der Waals surface area contributed by atoms with Crippen molar-refractivity contribution >= 4 is 39.5 Å². The van der Waals surface area contributed by atoms with Crippen LogP contribution in [-0.2, 0) is 65.4 Å². The van der Waals surface area contributed by atoms with Crippen molar-refractivity contribution in [3.63, 3.8) is 0 Å². The number of hydrogen-bond donors (Lipinski definition) is 3. The zero-order valence-electron chi connectivity index (χ0n) is 62.5. The van der Waals surface area contributed by atoms with E-state index in [-0.39, 0.29) is 25.7 Å². The third-order valence-corrected chi connectivity index (χ3v) is 19.9. The van der Waals surface area contributed by atoms with Crippen molar-refractivity contribution < 1.29 is 80.2 Å². The van der Waals surface area contributed by atoms with Crippen molar-refractivity contribution in [2.24, 2.45) is 5.92 Å². The molecule has 0 saturated carbocycles. The first-order chi connectivity index (χ1) is 46.5. The largest absolute Gasteiger partial charge is 0.472 e. The third-order valence-electron chi connectivity index (χ3n) is 18.0. The molecular weight excluding hydrogens is 1260 g/mol. The fourth-order valence-electron chi connectivity index (χ4n) is 11.9. The van der Waals surface area contributed by atoms with Gasteiger partial charge in [-0.15, -0.1) is 0 Å². The number of carbonyl (C=O) groups excluding carboxylic acids is 4. The van der Waals surface area contributed by atoms with Crippen LogP contribution in [0, 0.1) is 5.92 Å². The average molecular weight is 1410 g/mol. The molecule has 0 aliphatic carbocycles. The lowest BCUT2D eigenvalue weighted by atomic mass is 10.0. The first-order valence-corrected chi connectivity index (χ1v) is 43.1. The van der Waals surface area contributed by atoms with Crippen LogP contribution in [0.4, 0.5) is 0 Å². The molecule has 0 rings (SSSR count). The number of esters is 4. The smallest absolute Gasteiger partial charge is 0.462 e. The average Bonchev–Trinajstić information content (AvgIpc) is 1.31. The van der Waals surface area contributed by atoms with Gasteiger partial charge >= 0.3 is 39.5 Å². The summed E-state index contributed by atoms with van der Waals surface area (Å²) >= 11 is 0. The number of aliphatic hydroxyl groups is 1. The van der Waals surface area contributed by atoms with Crippen molar-refractivity contribution in [2.75, 3.05) is 39.6 Å². The molecule has 0 fully saturated rings. The van der Waals surface area contributed by atoms with Crippen LogP contribution < -0.4 is 0 Å². The highest BCUT2D eigenvalue weighted by atomic mass is 31.2. The van der Waals surface area contributed by atoms with E-state index in [0.717, 1.165) is 102 Å². The molecule has 3 N–H and O–H groups in total. The van der Waals surface area contributed by atoms with Crippen LogP contribution in [0.3, 0.4) is 0 Å². The van der Waals surface area contributed by atoms with E-state index in [1.807, 2.05) is 0 Å². The molecule has 0 aromatic carbocycles. The minimum atomic E-state index is -4.96. The van der Waals surface area contributed by atoms with E-state index in [1.54, 1.807) is 0 Å². The van der Waals surface area contributed by atoms with Gasteiger partial charge in [-0.2, -0.15) is 0 Å². The molecule has 0 aliphatic heterocycles. The van der Waals surface area contributed by atoms with E-state index >= 15 is 0 Å². The summed E-state index contributed by atoms with van der Waals surface area (Å²) in [6.07, 6.45) is 59.9. The lowest BCUT2D eigenvalue weighted by Gasteiger charge is -2.21. The zero-order chi connectivity index (χ0) is 70.5. The Morgan fingerprint density at radius 3 is 0.708 bits per heavy atom. The molecule has 17 nitrogen and oxygen atoms in total. The van der Waals surface area contributed by atoms with Crippen LogP contribution in [0.5, 0.6) is 0 Å². The maximum atomic E-state index is 13.1. The molecule has 0 saturated heterocycles. The Balaban J connectivity index is 5.14. The molecule has 0 radical (unpaired) electrons. The molecule has 5 atom stereocenters. The highest BCUT2D eigenvalue weighted by molar-refractivity contribution is 7.47. The van der Waals surface area contributed by atoms with E-state index in [1.165, 1.54) is 225 Å². The van der Waals surface area contributed by atoms with Gasteiger partial charge in [0.1, 0.15) is 19.3 Å². The normalized spacial score (nSPS) is 13.9. The molecular formula is C77H150O17P2. The molecule has 19 heteroatoms. The number of rotatable bonds is 77. The van der Waals surface area contributed by atoms with Gasteiger partial charge in [0, 0.05) is 25.7 Å². The molecule has 0 spiro atoms. The van der Waals surface area contributed by atoms with E-state index in [2.05, 4.69) is 34.6 Å². The minimum absolute atomic E-state index is 0.106. The summed E-state index contributed by atoms with van der Waals surface area (Å²) in [6.45, 7) is 7.27. The predicted molar refractivity (Wildman–Crippen MR) is 391 cm³/mol. The van der Waals surface area contributed by atoms with Crippen LogP contribution in [0.15, 0.2) is 0 Å². The van der Waals surface area contributed by atoms with E-state index in [9.17, 15) is 43.2 Å². The van der Waals surface area contributed by atoms with Crippen molar-refractivity contribution in [1.29, 1.82) is 0 Å². The van der Waals surface area contributed by atoms with Crippen molar-refractivity contribution in [1.82, 2.24) is 0 Å². The quantitative estimate of drug-likeness (QED) is 0.0222. The predicted octanol–water partition coefficient (Wildman–Crippen LogP) is 22.9. The summed E-state index contributed by atoms with van der Waals surface area (Å²) in [5.41, 5.74) is 0.